The Hall–Kier alpha value is -4.66. The van der Waals surface area contributed by atoms with Gasteiger partial charge >= 0.3 is 0 Å². The molecule has 0 radical (unpaired) electrons. The van der Waals surface area contributed by atoms with Gasteiger partial charge in [0.25, 0.3) is 5.91 Å². The van der Waals surface area contributed by atoms with E-state index in [1.165, 1.54) is 5.56 Å². The molecule has 1 amide bonds. The van der Waals surface area contributed by atoms with Crippen LogP contribution in [0.15, 0.2) is 84.1 Å². The van der Waals surface area contributed by atoms with Gasteiger partial charge in [-0.05, 0) is 72.2 Å². The SMILES string of the molecule is CCOc1ccccc1NC(=O)C1=C(C)Nc2nnnn2C1c1ccc(OCc2ccccc2C)cc1. The molecule has 0 saturated carbocycles. The van der Waals surface area contributed by atoms with Gasteiger partial charge < -0.3 is 20.1 Å². The van der Waals surface area contributed by atoms with Crippen molar-refractivity contribution in [3.05, 3.63) is 101 Å². The minimum Gasteiger partial charge on any atom is -0.492 e. The van der Waals surface area contributed by atoms with Crippen molar-refractivity contribution in [3.63, 3.8) is 0 Å². The van der Waals surface area contributed by atoms with Crippen LogP contribution >= 0.6 is 0 Å². The maximum atomic E-state index is 13.6. The number of nitrogens with zero attached hydrogens (tertiary/aromatic N) is 4. The molecule has 1 atom stereocenters. The molecule has 0 spiro atoms. The number of hydrogen-bond donors (Lipinski definition) is 2. The molecule has 1 aliphatic heterocycles. The van der Waals surface area contributed by atoms with Crippen molar-refractivity contribution in [2.45, 2.75) is 33.4 Å². The van der Waals surface area contributed by atoms with E-state index in [0.717, 1.165) is 16.9 Å². The highest BCUT2D eigenvalue weighted by molar-refractivity contribution is 6.06. The molecule has 1 aromatic heterocycles. The molecule has 0 aliphatic carbocycles. The summed E-state index contributed by atoms with van der Waals surface area (Å²) >= 11 is 0. The van der Waals surface area contributed by atoms with Gasteiger partial charge in [0.05, 0.1) is 17.9 Å². The fourth-order valence-corrected chi connectivity index (χ4v) is 4.33. The second kappa shape index (κ2) is 10.5. The third-order valence-electron chi connectivity index (χ3n) is 6.25. The summed E-state index contributed by atoms with van der Waals surface area (Å²) in [7, 11) is 0. The Morgan fingerprint density at radius 2 is 1.76 bits per heavy atom. The number of ether oxygens (including phenoxy) is 2. The highest BCUT2D eigenvalue weighted by atomic mass is 16.5. The van der Waals surface area contributed by atoms with Gasteiger partial charge in [0.2, 0.25) is 5.95 Å². The molecule has 2 heterocycles. The first-order valence-electron chi connectivity index (χ1n) is 12.1. The minimum atomic E-state index is -0.532. The van der Waals surface area contributed by atoms with Crippen LogP contribution in [0.5, 0.6) is 11.5 Å². The van der Waals surface area contributed by atoms with Crippen molar-refractivity contribution in [3.8, 4) is 11.5 Å². The van der Waals surface area contributed by atoms with E-state index in [1.807, 2.05) is 74.5 Å². The molecule has 9 nitrogen and oxygen atoms in total. The number of aromatic nitrogens is 4. The van der Waals surface area contributed by atoms with Crippen LogP contribution in [0.4, 0.5) is 11.6 Å². The molecular weight excluding hydrogens is 468 g/mol. The Morgan fingerprint density at radius 3 is 2.54 bits per heavy atom. The minimum absolute atomic E-state index is 0.275. The number of hydrogen-bond acceptors (Lipinski definition) is 7. The Bertz CT molecular complexity index is 1440. The van der Waals surface area contributed by atoms with Crippen molar-refractivity contribution in [1.82, 2.24) is 20.2 Å². The zero-order valence-electron chi connectivity index (χ0n) is 20.9. The van der Waals surface area contributed by atoms with Crippen LogP contribution in [0, 0.1) is 6.92 Å². The van der Waals surface area contributed by atoms with Gasteiger partial charge in [-0.1, -0.05) is 53.6 Å². The molecule has 1 aliphatic rings. The number of allylic oxidation sites excluding steroid dienone is 1. The summed E-state index contributed by atoms with van der Waals surface area (Å²) < 4.78 is 13.3. The van der Waals surface area contributed by atoms with Gasteiger partial charge in [-0.25, -0.2) is 0 Å². The third kappa shape index (κ3) is 5.02. The van der Waals surface area contributed by atoms with Gasteiger partial charge in [-0.15, -0.1) is 0 Å². The summed E-state index contributed by atoms with van der Waals surface area (Å²) in [4.78, 5) is 13.6. The topological polar surface area (TPSA) is 103 Å². The molecule has 37 heavy (non-hydrogen) atoms. The molecule has 1 unspecified atom stereocenters. The number of nitrogens with one attached hydrogen (secondary N) is 2. The van der Waals surface area contributed by atoms with E-state index in [0.29, 0.717) is 41.9 Å². The van der Waals surface area contributed by atoms with Gasteiger partial charge in [0, 0.05) is 5.70 Å². The van der Waals surface area contributed by atoms with Gasteiger partial charge in [-0.2, -0.15) is 4.68 Å². The number of tetrazole rings is 1. The van der Waals surface area contributed by atoms with E-state index >= 15 is 0 Å². The summed E-state index contributed by atoms with van der Waals surface area (Å²) in [6, 6.07) is 22.6. The Morgan fingerprint density at radius 1 is 1.00 bits per heavy atom. The van der Waals surface area contributed by atoms with Gasteiger partial charge in [0.1, 0.15) is 24.1 Å². The molecule has 4 aromatic rings. The van der Waals surface area contributed by atoms with Crippen molar-refractivity contribution >= 4 is 17.5 Å². The second-order valence-electron chi connectivity index (χ2n) is 8.68. The van der Waals surface area contributed by atoms with E-state index < -0.39 is 6.04 Å². The number of para-hydroxylation sites is 2. The Labute approximate surface area is 215 Å². The normalized spacial score (nSPS) is 14.5. The first kappa shape index (κ1) is 24.1. The third-order valence-corrected chi connectivity index (χ3v) is 6.25. The lowest BCUT2D eigenvalue weighted by molar-refractivity contribution is -0.113. The average Bonchev–Trinajstić information content (AvgIpc) is 3.37. The summed E-state index contributed by atoms with van der Waals surface area (Å²) in [6.07, 6.45) is 0. The van der Waals surface area contributed by atoms with Crippen LogP contribution in [-0.2, 0) is 11.4 Å². The lowest BCUT2D eigenvalue weighted by Crippen LogP contribution is -2.31. The molecule has 188 valence electrons. The zero-order chi connectivity index (χ0) is 25.8. The zero-order valence-corrected chi connectivity index (χ0v) is 20.9. The van der Waals surface area contributed by atoms with Crippen LogP contribution < -0.4 is 20.1 Å². The molecule has 5 rings (SSSR count). The highest BCUT2D eigenvalue weighted by Crippen LogP contribution is 2.36. The highest BCUT2D eigenvalue weighted by Gasteiger charge is 2.34. The predicted molar refractivity (Wildman–Crippen MR) is 140 cm³/mol. The summed E-state index contributed by atoms with van der Waals surface area (Å²) in [5.74, 6) is 1.53. The van der Waals surface area contributed by atoms with E-state index in [-0.39, 0.29) is 5.91 Å². The van der Waals surface area contributed by atoms with Crippen molar-refractivity contribution in [1.29, 1.82) is 0 Å². The number of benzene rings is 3. The number of aryl methyl sites for hydroxylation is 1. The molecular formula is C28H28N6O3. The van der Waals surface area contributed by atoms with Gasteiger partial charge in [-0.3, -0.25) is 4.79 Å². The monoisotopic (exact) mass is 496 g/mol. The van der Waals surface area contributed by atoms with Crippen LogP contribution in [0.1, 0.15) is 36.6 Å². The fourth-order valence-electron chi connectivity index (χ4n) is 4.33. The maximum Gasteiger partial charge on any atom is 0.255 e. The number of rotatable bonds is 8. The van der Waals surface area contributed by atoms with Crippen LogP contribution in [-0.4, -0.2) is 32.7 Å². The number of fused-ring (bicyclic) bond motifs is 1. The number of anilines is 2. The largest absolute Gasteiger partial charge is 0.492 e. The Balaban J connectivity index is 1.42. The van der Waals surface area contributed by atoms with Crippen molar-refractivity contribution < 1.29 is 14.3 Å². The summed E-state index contributed by atoms with van der Waals surface area (Å²) in [6.45, 7) is 6.78. The number of carbonyl (C=O) groups is 1. The molecule has 3 aromatic carbocycles. The molecule has 2 N–H and O–H groups in total. The number of amides is 1. The maximum absolute atomic E-state index is 13.6. The second-order valence-corrected chi connectivity index (χ2v) is 8.68. The molecule has 0 fully saturated rings. The van der Waals surface area contributed by atoms with E-state index in [2.05, 4.69) is 45.2 Å². The van der Waals surface area contributed by atoms with Gasteiger partial charge in [0.15, 0.2) is 0 Å². The molecule has 9 heteroatoms. The predicted octanol–water partition coefficient (Wildman–Crippen LogP) is 4.89. The fraction of sp³-hybridized carbons (Fsp3) is 0.214. The first-order valence-corrected chi connectivity index (χ1v) is 12.1. The lowest BCUT2D eigenvalue weighted by atomic mass is 9.95. The number of carbonyl (C=O) groups excluding carboxylic acids is 1. The van der Waals surface area contributed by atoms with Crippen LogP contribution in [0.3, 0.4) is 0 Å². The van der Waals surface area contributed by atoms with E-state index in [9.17, 15) is 4.79 Å². The Kier molecular flexibility index (Phi) is 6.85. The average molecular weight is 497 g/mol. The summed E-state index contributed by atoms with van der Waals surface area (Å²) in [5, 5.41) is 18.2. The van der Waals surface area contributed by atoms with Crippen LogP contribution in [0.2, 0.25) is 0 Å². The lowest BCUT2D eigenvalue weighted by Gasteiger charge is -2.28. The van der Waals surface area contributed by atoms with E-state index in [4.69, 9.17) is 9.47 Å². The quantitative estimate of drug-likeness (QED) is 0.358. The van der Waals surface area contributed by atoms with Crippen molar-refractivity contribution in [2.75, 3.05) is 17.2 Å². The van der Waals surface area contributed by atoms with Crippen molar-refractivity contribution in [2.24, 2.45) is 0 Å². The molecule has 0 bridgehead atoms. The first-order chi connectivity index (χ1) is 18.0. The summed E-state index contributed by atoms with van der Waals surface area (Å²) in [5.41, 5.74) is 4.92. The standard InChI is InChI=1S/C28H28N6O3/c1-4-36-24-12-8-7-11-23(24)30-27(35)25-19(3)29-28-31-32-33-34(28)26(25)20-13-15-22(16-14-20)37-17-21-10-6-5-9-18(21)2/h5-16,26H,4,17H2,1-3H3,(H,30,35)(H,29,31,33). The molecule has 0 saturated heterocycles. The smallest absolute Gasteiger partial charge is 0.255 e. The van der Waals surface area contributed by atoms with E-state index in [1.54, 1.807) is 4.68 Å². The van der Waals surface area contributed by atoms with Crippen LogP contribution in [0.25, 0.3) is 0 Å².